The highest BCUT2D eigenvalue weighted by Gasteiger charge is 2.50. The second-order valence-electron chi connectivity index (χ2n) is 19.7. The third-order valence-corrected chi connectivity index (χ3v) is 15.8. The van der Waals surface area contributed by atoms with Gasteiger partial charge >= 0.3 is 5.69 Å². The lowest BCUT2D eigenvalue weighted by molar-refractivity contribution is -0.384. The Labute approximate surface area is 375 Å². The minimum absolute atomic E-state index is 0.0205. The van der Waals surface area contributed by atoms with E-state index in [9.17, 15) is 23.3 Å². The van der Waals surface area contributed by atoms with E-state index in [1.807, 2.05) is 6.07 Å². The number of benzene rings is 1. The van der Waals surface area contributed by atoms with Crippen molar-refractivity contribution in [3.63, 3.8) is 0 Å². The predicted molar refractivity (Wildman–Crippen MR) is 246 cm³/mol. The van der Waals surface area contributed by atoms with Gasteiger partial charge in [-0.15, -0.1) is 0 Å². The van der Waals surface area contributed by atoms with E-state index in [2.05, 4.69) is 86.8 Å². The number of fused-ring (bicyclic) bond motifs is 1. The summed E-state index contributed by atoms with van der Waals surface area (Å²) in [5, 5.41) is 16.0. The average molecular weight is 890 g/mol. The van der Waals surface area contributed by atoms with E-state index in [1.165, 1.54) is 49.1 Å². The van der Waals surface area contributed by atoms with E-state index >= 15 is 0 Å². The number of piperidine rings is 1. The van der Waals surface area contributed by atoms with Gasteiger partial charge in [0.15, 0.2) is 0 Å². The van der Waals surface area contributed by atoms with Gasteiger partial charge in [-0.25, -0.2) is 23.1 Å². The van der Waals surface area contributed by atoms with Crippen LogP contribution in [0.3, 0.4) is 0 Å². The van der Waals surface area contributed by atoms with Crippen LogP contribution in [0.1, 0.15) is 125 Å². The van der Waals surface area contributed by atoms with Crippen LogP contribution in [-0.2, 0) is 10.0 Å². The molecule has 6 heterocycles. The maximum Gasteiger partial charge on any atom is 0.312 e. The smallest absolute Gasteiger partial charge is 0.312 e. The molecule has 1 amide bonds. The summed E-state index contributed by atoms with van der Waals surface area (Å²) in [7, 11) is -4.62. The lowest BCUT2D eigenvalue weighted by Gasteiger charge is -2.56. The van der Waals surface area contributed by atoms with Gasteiger partial charge in [0.2, 0.25) is 11.7 Å². The molecule has 2 saturated carbocycles. The van der Waals surface area contributed by atoms with E-state index < -0.39 is 31.4 Å². The highest BCUT2D eigenvalue weighted by atomic mass is 32.2. The van der Waals surface area contributed by atoms with Gasteiger partial charge in [-0.1, -0.05) is 52.0 Å². The van der Waals surface area contributed by atoms with Crippen LogP contribution in [0.2, 0.25) is 0 Å². The average Bonchev–Trinajstić information content (AvgIpc) is 3.95. The molecule has 0 unspecified atom stereocenters. The Morgan fingerprint density at radius 3 is 2.50 bits per heavy atom. The number of hydrogen-bond acceptors (Lipinski definition) is 12. The number of H-pyrrole nitrogens is 1. The first-order valence-corrected chi connectivity index (χ1v) is 24.3. The normalized spacial score (nSPS) is 20.4. The van der Waals surface area contributed by atoms with Gasteiger partial charge in [0.25, 0.3) is 15.9 Å². The third kappa shape index (κ3) is 9.03. The van der Waals surface area contributed by atoms with Crippen LogP contribution in [0, 0.1) is 26.9 Å². The van der Waals surface area contributed by atoms with Crippen LogP contribution in [0.15, 0.2) is 78.1 Å². The number of nitro groups is 1. The van der Waals surface area contributed by atoms with Crippen LogP contribution in [-0.4, -0.2) is 76.3 Å². The molecular weight excluding hydrogens is 831 g/mol. The van der Waals surface area contributed by atoms with Crippen molar-refractivity contribution in [2.45, 2.75) is 115 Å². The van der Waals surface area contributed by atoms with Crippen molar-refractivity contribution < 1.29 is 22.9 Å². The van der Waals surface area contributed by atoms with Gasteiger partial charge in [0, 0.05) is 49.4 Å². The molecule has 4 aliphatic rings. The number of carbonyl (C=O) groups excluding carboxylic acids is 1. The molecule has 1 aromatic carbocycles. The number of nitrogens with zero attached hydrogens (tertiary/aromatic N) is 6. The highest BCUT2D eigenvalue weighted by Crippen LogP contribution is 2.54. The molecule has 4 fully saturated rings. The van der Waals surface area contributed by atoms with Crippen molar-refractivity contribution in [1.29, 1.82) is 0 Å². The Kier molecular flexibility index (Phi) is 11.9. The van der Waals surface area contributed by atoms with Crippen LogP contribution in [0.25, 0.3) is 11.0 Å². The van der Waals surface area contributed by atoms with E-state index in [0.717, 1.165) is 75.8 Å². The molecule has 338 valence electrons. The molecule has 2 aliphatic heterocycles. The molecule has 15 nitrogen and oxygen atoms in total. The first-order chi connectivity index (χ1) is 30.7. The number of carbonyl (C=O) groups is 1. The van der Waals surface area contributed by atoms with Gasteiger partial charge < -0.3 is 19.9 Å². The van der Waals surface area contributed by atoms with Crippen LogP contribution < -0.4 is 19.7 Å². The molecule has 3 N–H and O–H groups in total. The maximum atomic E-state index is 13.9. The quantitative estimate of drug-likeness (QED) is 0.0751. The van der Waals surface area contributed by atoms with E-state index in [1.54, 1.807) is 18.3 Å². The zero-order valence-electron chi connectivity index (χ0n) is 37.2. The number of amides is 1. The number of ether oxygens (including phenoxy) is 1. The summed E-state index contributed by atoms with van der Waals surface area (Å²) < 4.78 is 35.7. The number of sulfonamides is 1. The van der Waals surface area contributed by atoms with Crippen LogP contribution in [0.4, 0.5) is 17.3 Å². The number of likely N-dealkylation sites (tertiary alicyclic amines) is 1. The van der Waals surface area contributed by atoms with E-state index in [0.29, 0.717) is 47.7 Å². The summed E-state index contributed by atoms with van der Waals surface area (Å²) in [5.41, 5.74) is 3.53. The molecule has 0 bridgehead atoms. The van der Waals surface area contributed by atoms with Crippen molar-refractivity contribution in [3.8, 4) is 11.6 Å². The summed E-state index contributed by atoms with van der Waals surface area (Å²) in [5.74, 6) is 0.607. The van der Waals surface area contributed by atoms with Gasteiger partial charge in [-0.05, 0) is 129 Å². The number of rotatable bonds is 13. The summed E-state index contributed by atoms with van der Waals surface area (Å²) >= 11 is 0. The van der Waals surface area contributed by atoms with Gasteiger partial charge in [-0.3, -0.25) is 19.8 Å². The number of nitrogens with one attached hydrogen (secondary N) is 3. The molecule has 2 aliphatic carbocycles. The SMILES string of the molecule is CC(C)c1ccccc1[C@@H]1CCCN1C1CC2(CCN(c3ccc(C(=O)NS(=O)(=O)c4cnc(NCC5CCC(C)(C)CC5)c([N+](=O)[O-])c4)c(Oc4cnc5[nH]ccc5c4)n3)CC2)C1. The van der Waals surface area contributed by atoms with Crippen LogP contribution in [0.5, 0.6) is 11.6 Å². The Bertz CT molecular complexity index is 2640. The monoisotopic (exact) mass is 889 g/mol. The summed E-state index contributed by atoms with van der Waals surface area (Å²) in [6.07, 6.45) is 15.2. The topological polar surface area (TPSA) is 189 Å². The largest absolute Gasteiger partial charge is 0.436 e. The molecule has 2 saturated heterocycles. The Morgan fingerprint density at radius 1 is 0.984 bits per heavy atom. The Hall–Kier alpha value is -5.61. The summed E-state index contributed by atoms with van der Waals surface area (Å²) in [6, 6.07) is 17.8. The van der Waals surface area contributed by atoms with Crippen molar-refractivity contribution in [2.75, 3.05) is 36.4 Å². The lowest BCUT2D eigenvalue weighted by atomic mass is 9.60. The third-order valence-electron chi connectivity index (χ3n) is 14.5. The highest BCUT2D eigenvalue weighted by molar-refractivity contribution is 7.90. The predicted octanol–water partition coefficient (Wildman–Crippen LogP) is 9.51. The molecule has 1 spiro atoms. The number of anilines is 2. The number of pyridine rings is 3. The molecule has 16 heteroatoms. The number of aromatic nitrogens is 4. The Balaban J connectivity index is 0.895. The first-order valence-electron chi connectivity index (χ1n) is 22.8. The summed E-state index contributed by atoms with van der Waals surface area (Å²) in [4.78, 5) is 46.3. The first kappa shape index (κ1) is 43.6. The van der Waals surface area contributed by atoms with Crippen molar-refractivity contribution in [1.82, 2.24) is 29.6 Å². The number of hydrogen-bond donors (Lipinski definition) is 3. The second kappa shape index (κ2) is 17.4. The second-order valence-corrected chi connectivity index (χ2v) is 21.3. The lowest BCUT2D eigenvalue weighted by Crippen LogP contribution is -2.55. The maximum absolute atomic E-state index is 13.9. The molecule has 4 aromatic heterocycles. The zero-order chi connectivity index (χ0) is 44.8. The van der Waals surface area contributed by atoms with Gasteiger partial charge in [0.05, 0.1) is 17.3 Å². The van der Waals surface area contributed by atoms with Crippen molar-refractivity contribution in [2.24, 2.45) is 16.7 Å². The van der Waals surface area contributed by atoms with Crippen molar-refractivity contribution >= 4 is 44.3 Å². The Morgan fingerprint density at radius 2 is 1.75 bits per heavy atom. The molecular formula is C48H59N9O6S. The van der Waals surface area contributed by atoms with E-state index in [4.69, 9.17) is 9.72 Å². The summed E-state index contributed by atoms with van der Waals surface area (Å²) in [6.45, 7) is 12.2. The standard InChI is InChI=1S/C48H59N9O6S/c1-31(2)37-8-5-6-9-38(37)40-10-7-21-56(40)34-26-48(27-34)18-22-55(23-19-48)42-12-11-39(46(53-42)63-35-24-33-15-20-49-43(33)51-29-35)45(58)54-64(61,62)36-25-41(57(59)60)44(52-30-36)50-28-32-13-16-47(3,4)17-14-32/h5-6,8-9,11-12,15,20,24-25,29-32,34,40H,7,10,13-14,16-19,21-23,26-28H2,1-4H3,(H,49,51)(H,50,52)(H,54,58)/t40-/m0/s1. The fraction of sp³-hybridized carbons (Fsp3) is 0.500. The fourth-order valence-corrected chi connectivity index (χ4v) is 11.6. The minimum Gasteiger partial charge on any atom is -0.436 e. The fourth-order valence-electron chi connectivity index (χ4n) is 10.6. The van der Waals surface area contributed by atoms with E-state index in [-0.39, 0.29) is 28.1 Å². The minimum atomic E-state index is -4.62. The molecule has 9 rings (SSSR count). The van der Waals surface area contributed by atoms with Crippen LogP contribution >= 0.6 is 0 Å². The molecule has 64 heavy (non-hydrogen) atoms. The zero-order valence-corrected chi connectivity index (χ0v) is 38.0. The molecule has 0 radical (unpaired) electrons. The van der Waals surface area contributed by atoms with Gasteiger partial charge in [0.1, 0.15) is 27.7 Å². The van der Waals surface area contributed by atoms with Gasteiger partial charge in [-0.2, -0.15) is 4.98 Å². The molecule has 1 atom stereocenters. The van der Waals surface area contributed by atoms with Crippen molar-refractivity contribution in [3.05, 3.63) is 100.0 Å². The molecule has 5 aromatic rings. The number of aromatic amines is 1.